The van der Waals surface area contributed by atoms with Gasteiger partial charge in [0.15, 0.2) is 0 Å². The fraction of sp³-hybridized carbons (Fsp3) is 0.615. The van der Waals surface area contributed by atoms with Gasteiger partial charge in [0.25, 0.3) is 0 Å². The van der Waals surface area contributed by atoms with Crippen molar-refractivity contribution >= 4 is 11.6 Å². The average Bonchev–Trinajstić information content (AvgIpc) is 2.38. The van der Waals surface area contributed by atoms with E-state index in [-0.39, 0.29) is 0 Å². The number of hydrogen-bond donors (Lipinski definition) is 0. The molecule has 0 atom stereocenters. The Morgan fingerprint density at radius 1 is 1.22 bits per heavy atom. The van der Waals surface area contributed by atoms with Crippen LogP contribution in [0, 0.1) is 0 Å². The Balaban J connectivity index is 1.76. The van der Waals surface area contributed by atoms with Crippen LogP contribution in [0.25, 0.3) is 0 Å². The zero-order valence-corrected chi connectivity index (χ0v) is 11.6. The number of methoxy groups -OCH3 is 1. The highest BCUT2D eigenvalue weighted by molar-refractivity contribution is 6.30. The fourth-order valence-corrected chi connectivity index (χ4v) is 2.39. The predicted molar refractivity (Wildman–Crippen MR) is 72.8 cm³/mol. The quantitative estimate of drug-likeness (QED) is 0.810. The van der Waals surface area contributed by atoms with E-state index in [4.69, 9.17) is 16.3 Å². The van der Waals surface area contributed by atoms with Crippen LogP contribution < -0.4 is 0 Å². The molecule has 0 bridgehead atoms. The second-order valence-electron chi connectivity index (χ2n) is 4.62. The van der Waals surface area contributed by atoms with Crippen LogP contribution in [0.2, 0.25) is 5.02 Å². The Labute approximate surface area is 114 Å². The third-order valence-corrected chi connectivity index (χ3v) is 3.45. The molecular formula is C13H20ClN3O. The molecule has 0 unspecified atom stereocenters. The van der Waals surface area contributed by atoms with Gasteiger partial charge in [-0.25, -0.2) is 0 Å². The second kappa shape index (κ2) is 7.04. The monoisotopic (exact) mass is 269 g/mol. The SMILES string of the molecule is COCCN1CCN(Cc2cncc(Cl)c2)CC1. The summed E-state index contributed by atoms with van der Waals surface area (Å²) in [5.74, 6) is 0. The minimum absolute atomic E-state index is 0.714. The summed E-state index contributed by atoms with van der Waals surface area (Å²) >= 11 is 5.94. The molecular weight excluding hydrogens is 250 g/mol. The van der Waals surface area contributed by atoms with Gasteiger partial charge in [-0.3, -0.25) is 14.8 Å². The van der Waals surface area contributed by atoms with Crippen LogP contribution in [-0.2, 0) is 11.3 Å². The first kappa shape index (κ1) is 13.7. The molecule has 1 aliphatic heterocycles. The number of ether oxygens (including phenoxy) is 1. The number of aromatic nitrogens is 1. The lowest BCUT2D eigenvalue weighted by molar-refractivity contribution is 0.0938. The first-order valence-corrected chi connectivity index (χ1v) is 6.69. The van der Waals surface area contributed by atoms with Crippen LogP contribution in [0.5, 0.6) is 0 Å². The van der Waals surface area contributed by atoms with E-state index in [0.29, 0.717) is 5.02 Å². The Hall–Kier alpha value is -0.680. The van der Waals surface area contributed by atoms with Crippen molar-refractivity contribution in [1.29, 1.82) is 0 Å². The third kappa shape index (κ3) is 4.21. The molecule has 2 rings (SSSR count). The molecule has 100 valence electrons. The van der Waals surface area contributed by atoms with E-state index in [9.17, 15) is 0 Å². The van der Waals surface area contributed by atoms with E-state index >= 15 is 0 Å². The number of pyridine rings is 1. The number of nitrogens with zero attached hydrogens (tertiary/aromatic N) is 3. The minimum Gasteiger partial charge on any atom is -0.383 e. The number of rotatable bonds is 5. The minimum atomic E-state index is 0.714. The van der Waals surface area contributed by atoms with E-state index < -0.39 is 0 Å². The normalized spacial score (nSPS) is 18.1. The van der Waals surface area contributed by atoms with Crippen LogP contribution in [0.4, 0.5) is 0 Å². The Bertz CT molecular complexity index is 367. The zero-order valence-electron chi connectivity index (χ0n) is 10.8. The van der Waals surface area contributed by atoms with Crippen LogP contribution in [0.15, 0.2) is 18.5 Å². The van der Waals surface area contributed by atoms with Crippen molar-refractivity contribution in [2.75, 3.05) is 46.4 Å². The lowest BCUT2D eigenvalue weighted by Crippen LogP contribution is -2.46. The largest absolute Gasteiger partial charge is 0.383 e. The molecule has 5 heteroatoms. The van der Waals surface area contributed by atoms with Crippen molar-refractivity contribution in [2.24, 2.45) is 0 Å². The summed E-state index contributed by atoms with van der Waals surface area (Å²) in [6, 6.07) is 1.99. The van der Waals surface area contributed by atoms with E-state index in [1.165, 1.54) is 5.56 Å². The summed E-state index contributed by atoms with van der Waals surface area (Å²) in [5, 5.41) is 0.714. The molecule has 2 heterocycles. The molecule has 18 heavy (non-hydrogen) atoms. The van der Waals surface area contributed by atoms with Crippen LogP contribution >= 0.6 is 11.6 Å². The fourth-order valence-electron chi connectivity index (χ4n) is 2.19. The summed E-state index contributed by atoms with van der Waals surface area (Å²) in [4.78, 5) is 9.00. The van der Waals surface area contributed by atoms with Crippen LogP contribution in [0.3, 0.4) is 0 Å². The second-order valence-corrected chi connectivity index (χ2v) is 5.06. The first-order chi connectivity index (χ1) is 8.78. The van der Waals surface area contributed by atoms with Crippen molar-refractivity contribution < 1.29 is 4.74 Å². The number of piperazine rings is 1. The smallest absolute Gasteiger partial charge is 0.0592 e. The third-order valence-electron chi connectivity index (χ3n) is 3.24. The molecule has 1 aliphatic rings. The highest BCUT2D eigenvalue weighted by Crippen LogP contribution is 2.12. The molecule has 0 spiro atoms. The Morgan fingerprint density at radius 2 is 1.94 bits per heavy atom. The van der Waals surface area contributed by atoms with Gasteiger partial charge in [-0.15, -0.1) is 0 Å². The van der Waals surface area contributed by atoms with Gasteiger partial charge < -0.3 is 4.74 Å². The maximum Gasteiger partial charge on any atom is 0.0592 e. The van der Waals surface area contributed by atoms with Crippen LogP contribution in [0.1, 0.15) is 5.56 Å². The average molecular weight is 270 g/mol. The lowest BCUT2D eigenvalue weighted by atomic mass is 10.2. The van der Waals surface area contributed by atoms with Gasteiger partial charge in [0.1, 0.15) is 0 Å². The van der Waals surface area contributed by atoms with Gasteiger partial charge >= 0.3 is 0 Å². The molecule has 1 aromatic heterocycles. The highest BCUT2D eigenvalue weighted by atomic mass is 35.5. The Morgan fingerprint density at radius 3 is 2.61 bits per heavy atom. The summed E-state index contributed by atoms with van der Waals surface area (Å²) in [6.07, 6.45) is 3.57. The summed E-state index contributed by atoms with van der Waals surface area (Å²) in [6.45, 7) is 7.19. The van der Waals surface area contributed by atoms with E-state index in [1.54, 1.807) is 13.3 Å². The van der Waals surface area contributed by atoms with Crippen molar-refractivity contribution in [1.82, 2.24) is 14.8 Å². The Kier molecular flexibility index (Phi) is 5.38. The van der Waals surface area contributed by atoms with Gasteiger partial charge in [0.05, 0.1) is 11.6 Å². The first-order valence-electron chi connectivity index (χ1n) is 6.31. The van der Waals surface area contributed by atoms with Crippen molar-refractivity contribution in [2.45, 2.75) is 6.54 Å². The molecule has 0 aliphatic carbocycles. The van der Waals surface area contributed by atoms with E-state index in [0.717, 1.165) is 45.9 Å². The molecule has 4 nitrogen and oxygen atoms in total. The van der Waals surface area contributed by atoms with E-state index in [1.807, 2.05) is 12.3 Å². The van der Waals surface area contributed by atoms with Crippen molar-refractivity contribution in [3.8, 4) is 0 Å². The van der Waals surface area contributed by atoms with Gasteiger partial charge in [-0.05, 0) is 11.6 Å². The maximum atomic E-state index is 5.94. The van der Waals surface area contributed by atoms with E-state index in [2.05, 4.69) is 14.8 Å². The topological polar surface area (TPSA) is 28.6 Å². The molecule has 1 fully saturated rings. The summed E-state index contributed by atoms with van der Waals surface area (Å²) in [5.41, 5.74) is 1.19. The van der Waals surface area contributed by atoms with Gasteiger partial charge in [0.2, 0.25) is 0 Å². The predicted octanol–water partition coefficient (Wildman–Crippen LogP) is 1.50. The van der Waals surface area contributed by atoms with Gasteiger partial charge in [0, 0.05) is 58.8 Å². The highest BCUT2D eigenvalue weighted by Gasteiger charge is 2.16. The van der Waals surface area contributed by atoms with Crippen molar-refractivity contribution in [3.05, 3.63) is 29.0 Å². The maximum absolute atomic E-state index is 5.94. The number of hydrogen-bond acceptors (Lipinski definition) is 4. The molecule has 0 amide bonds. The molecule has 1 aromatic rings. The number of halogens is 1. The molecule has 0 radical (unpaired) electrons. The zero-order chi connectivity index (χ0) is 12.8. The standard InChI is InChI=1S/C13H20ClN3O/c1-18-7-6-16-2-4-17(5-3-16)11-12-8-13(14)10-15-9-12/h8-10H,2-7,11H2,1H3. The molecule has 0 saturated carbocycles. The van der Waals surface area contributed by atoms with Gasteiger partial charge in [-0.1, -0.05) is 11.6 Å². The lowest BCUT2D eigenvalue weighted by Gasteiger charge is -2.34. The summed E-state index contributed by atoms with van der Waals surface area (Å²) in [7, 11) is 1.75. The molecule has 0 aromatic carbocycles. The van der Waals surface area contributed by atoms with Gasteiger partial charge in [-0.2, -0.15) is 0 Å². The van der Waals surface area contributed by atoms with Crippen molar-refractivity contribution in [3.63, 3.8) is 0 Å². The molecule has 0 N–H and O–H groups in total. The van der Waals surface area contributed by atoms with Crippen LogP contribution in [-0.4, -0.2) is 61.2 Å². The summed E-state index contributed by atoms with van der Waals surface area (Å²) < 4.78 is 5.10. The molecule has 1 saturated heterocycles.